The monoisotopic (exact) mass is 792 g/mol. The van der Waals surface area contributed by atoms with Crippen LogP contribution < -0.4 is 0 Å². The van der Waals surface area contributed by atoms with E-state index in [0.29, 0.717) is 30.6 Å². The largest absolute Gasteiger partial charge is 0.480 e. The molecule has 0 bridgehead atoms. The predicted octanol–water partition coefficient (Wildman–Crippen LogP) is 9.20. The number of carbonyl (C=O) groups excluding carboxylic acids is 2. The number of aliphatic carboxylic acids is 2. The summed E-state index contributed by atoms with van der Waals surface area (Å²) >= 11 is 0. The summed E-state index contributed by atoms with van der Waals surface area (Å²) in [5, 5.41) is 40.3. The number of likely N-dealkylation sites (N-methyl/N-ethyl adjacent to an activating group) is 1. The summed E-state index contributed by atoms with van der Waals surface area (Å²) in [6.45, 7) is 3.41. The maximum atomic E-state index is 13.9. The fraction of sp³-hybridized carbons (Fsp3) is 0.902. The molecule has 0 aliphatic carbocycles. The number of aliphatic hydroxyl groups excluding tert-OH is 2. The van der Waals surface area contributed by atoms with Gasteiger partial charge in [0.15, 0.2) is 11.6 Å². The molecule has 0 saturated carbocycles. The Morgan fingerprint density at radius 2 is 0.907 bits per heavy atom. The second kappa shape index (κ2) is 32.4. The number of carboxylic acid groups (broad SMARTS) is 2. The quantitative estimate of drug-likeness (QED) is 0.0224. The SMILES string of the molecule is CCCCCCCCCCCCCCCC(=O)C(OP(=O)(O)C(C(=O)O)N(CC)CC(=O)O)(C(=O)CCCCCCCCCCCCCCC)[C@@H](O)CO. The third-order valence-electron chi connectivity index (χ3n) is 10.4. The first-order valence-electron chi connectivity index (χ1n) is 21.4. The Morgan fingerprint density at radius 1 is 0.593 bits per heavy atom. The maximum absolute atomic E-state index is 13.9. The summed E-state index contributed by atoms with van der Waals surface area (Å²) in [6.07, 6.45) is 24.5. The van der Waals surface area contributed by atoms with Crippen molar-refractivity contribution >= 4 is 31.1 Å². The smallest absolute Gasteiger partial charge is 0.358 e. The molecule has 0 saturated heterocycles. The van der Waals surface area contributed by atoms with Gasteiger partial charge in [0.25, 0.3) is 0 Å². The second-order valence-corrected chi connectivity index (χ2v) is 16.9. The van der Waals surface area contributed by atoms with Crippen LogP contribution in [0.3, 0.4) is 0 Å². The van der Waals surface area contributed by atoms with Crippen LogP contribution in [0, 0.1) is 0 Å². The van der Waals surface area contributed by atoms with Crippen LogP contribution in [0.4, 0.5) is 0 Å². The van der Waals surface area contributed by atoms with Gasteiger partial charge in [-0.05, 0) is 19.4 Å². The molecule has 3 atom stereocenters. The number of aliphatic hydroxyl groups is 2. The van der Waals surface area contributed by atoms with E-state index < -0.39 is 61.7 Å². The molecule has 0 rings (SSSR count). The molecule has 54 heavy (non-hydrogen) atoms. The Balaban J connectivity index is 5.58. The number of hydrogen-bond donors (Lipinski definition) is 5. The van der Waals surface area contributed by atoms with Crippen molar-refractivity contribution < 1.29 is 53.6 Å². The predicted molar refractivity (Wildman–Crippen MR) is 214 cm³/mol. The van der Waals surface area contributed by atoms with Crippen molar-refractivity contribution in [3.63, 3.8) is 0 Å². The zero-order chi connectivity index (χ0) is 40.7. The number of unbranched alkanes of at least 4 members (excludes halogenated alkanes) is 24. The van der Waals surface area contributed by atoms with Crippen LogP contribution in [0.25, 0.3) is 0 Å². The number of carboxylic acids is 2. The van der Waals surface area contributed by atoms with Crippen molar-refractivity contribution in [1.29, 1.82) is 0 Å². The van der Waals surface area contributed by atoms with E-state index in [0.717, 1.165) is 51.4 Å². The topological polar surface area (TPSA) is 199 Å². The summed E-state index contributed by atoms with van der Waals surface area (Å²) in [5.74, 6) is -7.83. The molecule has 12 nitrogen and oxygen atoms in total. The van der Waals surface area contributed by atoms with E-state index in [2.05, 4.69) is 13.8 Å². The molecule has 0 spiro atoms. The van der Waals surface area contributed by atoms with Gasteiger partial charge in [-0.25, -0.2) is 4.79 Å². The van der Waals surface area contributed by atoms with Crippen molar-refractivity contribution in [2.45, 2.75) is 218 Å². The number of rotatable bonds is 40. The summed E-state index contributed by atoms with van der Waals surface area (Å²) in [5.41, 5.74) is -3.00. The van der Waals surface area contributed by atoms with E-state index in [1.807, 2.05) is 0 Å². The Hall–Kier alpha value is -1.69. The molecule has 0 aromatic heterocycles. The number of nitrogens with zero attached hydrogens (tertiary/aromatic N) is 1. The van der Waals surface area contributed by atoms with Crippen LogP contribution in [0.1, 0.15) is 201 Å². The molecular formula is C41H78NO11P. The highest BCUT2D eigenvalue weighted by Crippen LogP contribution is 2.54. The highest BCUT2D eigenvalue weighted by Gasteiger charge is 2.58. The molecule has 0 fully saturated rings. The standard InChI is InChI=1S/C41H78NO11P/c1-4-7-9-11-13-15-17-19-21-23-25-27-29-31-35(44)41(37(46)34-43,53-54(51,52)39(40(49)50)42(6-3)33-38(47)48)36(45)32-30-28-26-24-22-20-18-16-14-12-10-8-5-2/h37,39,43,46H,4-34H2,1-3H3,(H,47,48)(H,49,50)(H,51,52)/t37-,39?/m0/s1. The van der Waals surface area contributed by atoms with Crippen LogP contribution in [0.15, 0.2) is 0 Å². The Bertz CT molecular complexity index is 1010. The van der Waals surface area contributed by atoms with Crippen LogP contribution >= 0.6 is 7.60 Å². The number of carbonyl (C=O) groups is 4. The van der Waals surface area contributed by atoms with Crippen molar-refractivity contribution in [2.75, 3.05) is 19.7 Å². The number of ketones is 2. The first-order valence-corrected chi connectivity index (χ1v) is 23.1. The lowest BCUT2D eigenvalue weighted by molar-refractivity contribution is -0.164. The number of hydrogen-bond acceptors (Lipinski definition) is 9. The lowest BCUT2D eigenvalue weighted by Crippen LogP contribution is -2.59. The van der Waals surface area contributed by atoms with Gasteiger partial charge in [-0.15, -0.1) is 0 Å². The minimum atomic E-state index is -5.58. The van der Waals surface area contributed by atoms with E-state index in [4.69, 9.17) is 4.52 Å². The third-order valence-corrected chi connectivity index (χ3v) is 12.1. The van der Waals surface area contributed by atoms with Crippen molar-refractivity contribution in [1.82, 2.24) is 4.90 Å². The van der Waals surface area contributed by atoms with Crippen LogP contribution in [0.5, 0.6) is 0 Å². The van der Waals surface area contributed by atoms with Crippen LogP contribution in [0.2, 0.25) is 0 Å². The molecule has 0 radical (unpaired) electrons. The van der Waals surface area contributed by atoms with E-state index in [1.54, 1.807) is 0 Å². The highest BCUT2D eigenvalue weighted by molar-refractivity contribution is 7.54. The van der Waals surface area contributed by atoms with Crippen molar-refractivity contribution in [3.05, 3.63) is 0 Å². The molecule has 0 aromatic rings. The van der Waals surface area contributed by atoms with Crippen LogP contribution in [-0.2, 0) is 28.3 Å². The van der Waals surface area contributed by atoms with Crippen molar-refractivity contribution in [2.24, 2.45) is 0 Å². The van der Waals surface area contributed by atoms with Crippen LogP contribution in [-0.4, -0.2) is 90.9 Å². The summed E-state index contributed by atoms with van der Waals surface area (Å²) in [7, 11) is -5.58. The Labute approximate surface area is 326 Å². The van der Waals surface area contributed by atoms with Gasteiger partial charge in [0.05, 0.1) is 13.2 Å². The molecule has 318 valence electrons. The zero-order valence-electron chi connectivity index (χ0n) is 34.2. The molecule has 0 aromatic carbocycles. The second-order valence-electron chi connectivity index (χ2n) is 15.1. The van der Waals surface area contributed by atoms with Crippen molar-refractivity contribution in [3.8, 4) is 0 Å². The van der Waals surface area contributed by atoms with E-state index in [1.165, 1.54) is 96.8 Å². The summed E-state index contributed by atoms with van der Waals surface area (Å²) in [6, 6.07) is 0. The normalized spacial score (nSPS) is 14.2. The van der Waals surface area contributed by atoms with Gasteiger partial charge in [-0.2, -0.15) is 0 Å². The first-order chi connectivity index (χ1) is 25.8. The average molecular weight is 792 g/mol. The Morgan fingerprint density at radius 3 is 1.17 bits per heavy atom. The minimum Gasteiger partial charge on any atom is -0.480 e. The average Bonchev–Trinajstić information content (AvgIpc) is 3.13. The maximum Gasteiger partial charge on any atom is 0.358 e. The lowest BCUT2D eigenvalue weighted by Gasteiger charge is -2.38. The molecule has 13 heteroatoms. The van der Waals surface area contributed by atoms with Gasteiger partial charge in [-0.1, -0.05) is 175 Å². The molecule has 0 heterocycles. The lowest BCUT2D eigenvalue weighted by atomic mass is 9.82. The highest BCUT2D eigenvalue weighted by atomic mass is 31.2. The molecule has 5 N–H and O–H groups in total. The van der Waals surface area contributed by atoms with Gasteiger partial charge >= 0.3 is 19.5 Å². The van der Waals surface area contributed by atoms with E-state index in [9.17, 15) is 49.1 Å². The molecule has 0 aliphatic rings. The van der Waals surface area contributed by atoms with Gasteiger partial charge < -0.3 is 25.3 Å². The third kappa shape index (κ3) is 22.2. The van der Waals surface area contributed by atoms with Gasteiger partial charge in [0.1, 0.15) is 6.10 Å². The summed E-state index contributed by atoms with van der Waals surface area (Å²) in [4.78, 5) is 63.4. The van der Waals surface area contributed by atoms with Gasteiger partial charge in [-0.3, -0.25) is 28.4 Å². The summed E-state index contributed by atoms with van der Waals surface area (Å²) < 4.78 is 19.2. The fourth-order valence-electron chi connectivity index (χ4n) is 7.10. The molecule has 0 amide bonds. The molecular weight excluding hydrogens is 713 g/mol. The zero-order valence-corrected chi connectivity index (χ0v) is 35.0. The fourth-order valence-corrected chi connectivity index (χ4v) is 8.87. The molecule has 0 aliphatic heterocycles. The molecule has 2 unspecified atom stereocenters. The number of Topliss-reactive ketones (excluding diaryl/α,β-unsaturated/α-hetero) is 2. The van der Waals surface area contributed by atoms with Gasteiger partial charge in [0, 0.05) is 12.8 Å². The minimum absolute atomic E-state index is 0.285. The van der Waals surface area contributed by atoms with E-state index >= 15 is 0 Å². The first kappa shape index (κ1) is 52.3. The van der Waals surface area contributed by atoms with Gasteiger partial charge in [0.2, 0.25) is 11.4 Å². The van der Waals surface area contributed by atoms with E-state index in [-0.39, 0.29) is 19.4 Å². The Kier molecular flexibility index (Phi) is 31.4.